The number of esters is 1. The third-order valence-corrected chi connectivity index (χ3v) is 4.84. The van der Waals surface area contributed by atoms with Crippen molar-refractivity contribution in [2.24, 2.45) is 5.92 Å². The van der Waals surface area contributed by atoms with Crippen LogP contribution in [0.4, 0.5) is 0 Å². The molecule has 0 aliphatic rings. The molecule has 2 unspecified atom stereocenters. The van der Waals surface area contributed by atoms with Crippen molar-refractivity contribution in [1.29, 1.82) is 0 Å². The molecule has 7 heteroatoms. The molecule has 0 N–H and O–H groups in total. The van der Waals surface area contributed by atoms with Gasteiger partial charge in [-0.05, 0) is 36.1 Å². The van der Waals surface area contributed by atoms with Crippen molar-refractivity contribution in [1.82, 2.24) is 9.78 Å². The Morgan fingerprint density at radius 1 is 1.10 bits per heavy atom. The average Bonchev–Trinajstić information content (AvgIpc) is 3.05. The smallest absolute Gasteiger partial charge is 0.437 e. The van der Waals surface area contributed by atoms with Crippen molar-refractivity contribution in [2.45, 2.75) is 39.3 Å². The molecule has 0 amide bonds. The number of ether oxygens (including phenoxy) is 1. The molecule has 3 rings (SSSR count). The van der Waals surface area contributed by atoms with Crippen LogP contribution >= 0.6 is 11.6 Å². The van der Waals surface area contributed by atoms with Crippen LogP contribution in [0.15, 0.2) is 63.8 Å². The van der Waals surface area contributed by atoms with E-state index in [4.69, 9.17) is 20.8 Å². The van der Waals surface area contributed by atoms with E-state index in [-0.39, 0.29) is 18.4 Å². The van der Waals surface area contributed by atoms with Gasteiger partial charge in [0.15, 0.2) is 6.10 Å². The number of carbonyl (C=O) groups is 1. The topological polar surface area (TPSA) is 74.3 Å². The van der Waals surface area contributed by atoms with E-state index in [9.17, 15) is 9.59 Å². The van der Waals surface area contributed by atoms with Crippen LogP contribution in [0.25, 0.3) is 0 Å². The highest BCUT2D eigenvalue weighted by Crippen LogP contribution is 2.29. The zero-order chi connectivity index (χ0) is 21.0. The summed E-state index contributed by atoms with van der Waals surface area (Å²) in [5, 5.41) is 4.79. The SMILES string of the molecule is CC(OC(=O)C(c1ccc(Cl)cc1)C(C)C)c1nn(Cc2ccccc2)c(=O)o1. The molecule has 0 aliphatic heterocycles. The van der Waals surface area contributed by atoms with E-state index < -0.39 is 23.7 Å². The van der Waals surface area contributed by atoms with Crippen LogP contribution in [0.1, 0.15) is 49.8 Å². The highest BCUT2D eigenvalue weighted by Gasteiger charge is 2.29. The minimum atomic E-state index is -0.791. The number of benzene rings is 2. The van der Waals surface area contributed by atoms with Gasteiger partial charge >= 0.3 is 11.7 Å². The van der Waals surface area contributed by atoms with E-state index in [1.165, 1.54) is 4.68 Å². The standard InChI is InChI=1S/C22H23ClN2O4/c1-14(2)19(17-9-11-18(23)12-10-17)21(26)28-15(3)20-24-25(22(27)29-20)13-16-7-5-4-6-8-16/h4-12,14-15,19H,13H2,1-3H3. The number of carbonyl (C=O) groups excluding carboxylic acids is 1. The Labute approximate surface area is 174 Å². The fourth-order valence-electron chi connectivity index (χ4n) is 3.10. The van der Waals surface area contributed by atoms with Crippen LogP contribution in [-0.4, -0.2) is 15.7 Å². The van der Waals surface area contributed by atoms with Gasteiger partial charge in [0.2, 0.25) is 0 Å². The van der Waals surface area contributed by atoms with Crippen molar-refractivity contribution >= 4 is 17.6 Å². The Balaban J connectivity index is 1.74. The summed E-state index contributed by atoms with van der Waals surface area (Å²) in [5.74, 6) is -1.38. The summed E-state index contributed by atoms with van der Waals surface area (Å²) in [7, 11) is 0. The fourth-order valence-corrected chi connectivity index (χ4v) is 3.23. The third-order valence-electron chi connectivity index (χ3n) is 4.59. The Kier molecular flexibility index (Phi) is 6.54. The summed E-state index contributed by atoms with van der Waals surface area (Å²) in [6.07, 6.45) is -0.791. The molecule has 0 bridgehead atoms. The minimum absolute atomic E-state index is 0.0125. The lowest BCUT2D eigenvalue weighted by Gasteiger charge is -2.21. The maximum absolute atomic E-state index is 12.8. The van der Waals surface area contributed by atoms with Gasteiger partial charge in [0, 0.05) is 5.02 Å². The molecule has 6 nitrogen and oxygen atoms in total. The molecule has 3 aromatic rings. The molecule has 2 aromatic carbocycles. The molecule has 0 saturated carbocycles. The van der Waals surface area contributed by atoms with Gasteiger partial charge in [0.25, 0.3) is 5.89 Å². The first-order chi connectivity index (χ1) is 13.8. The number of halogens is 1. The van der Waals surface area contributed by atoms with Gasteiger partial charge in [-0.1, -0.05) is 67.9 Å². The first kappa shape index (κ1) is 20.9. The predicted octanol–water partition coefficient (Wildman–Crippen LogP) is 4.58. The molecule has 1 aromatic heterocycles. The van der Waals surface area contributed by atoms with Gasteiger partial charge in [-0.25, -0.2) is 4.79 Å². The van der Waals surface area contributed by atoms with Gasteiger partial charge in [-0.3, -0.25) is 4.79 Å². The molecule has 29 heavy (non-hydrogen) atoms. The monoisotopic (exact) mass is 414 g/mol. The molecular weight excluding hydrogens is 392 g/mol. The van der Waals surface area contributed by atoms with Crippen LogP contribution in [0, 0.1) is 5.92 Å². The maximum atomic E-state index is 12.8. The second-order valence-corrected chi connectivity index (χ2v) is 7.64. The van der Waals surface area contributed by atoms with Gasteiger partial charge in [0.05, 0.1) is 12.5 Å². The maximum Gasteiger partial charge on any atom is 0.437 e. The normalized spacial score (nSPS) is 13.3. The molecule has 0 radical (unpaired) electrons. The molecule has 0 fully saturated rings. The van der Waals surface area contributed by atoms with Crippen LogP contribution in [0.3, 0.4) is 0 Å². The van der Waals surface area contributed by atoms with E-state index in [1.54, 1.807) is 19.1 Å². The Bertz CT molecular complexity index is 1010. The first-order valence-corrected chi connectivity index (χ1v) is 9.80. The molecule has 0 saturated heterocycles. The second kappa shape index (κ2) is 9.09. The van der Waals surface area contributed by atoms with E-state index in [0.717, 1.165) is 11.1 Å². The molecule has 0 spiro atoms. The average molecular weight is 415 g/mol. The Hall–Kier alpha value is -2.86. The van der Waals surface area contributed by atoms with E-state index in [2.05, 4.69) is 5.10 Å². The summed E-state index contributed by atoms with van der Waals surface area (Å²) in [6, 6.07) is 16.6. The minimum Gasteiger partial charge on any atom is -0.452 e. The molecule has 0 aliphatic carbocycles. The first-order valence-electron chi connectivity index (χ1n) is 9.43. The predicted molar refractivity (Wildman–Crippen MR) is 110 cm³/mol. The van der Waals surface area contributed by atoms with Gasteiger partial charge in [0.1, 0.15) is 0 Å². The van der Waals surface area contributed by atoms with Crippen LogP contribution in [-0.2, 0) is 16.1 Å². The zero-order valence-electron chi connectivity index (χ0n) is 16.5. The third kappa shape index (κ3) is 5.15. The Morgan fingerprint density at radius 2 is 1.76 bits per heavy atom. The van der Waals surface area contributed by atoms with Crippen LogP contribution in [0.2, 0.25) is 5.02 Å². The lowest BCUT2D eigenvalue weighted by Crippen LogP contribution is -2.22. The van der Waals surface area contributed by atoms with E-state index >= 15 is 0 Å². The second-order valence-electron chi connectivity index (χ2n) is 7.20. The molecule has 2 atom stereocenters. The fraction of sp³-hybridized carbons (Fsp3) is 0.318. The van der Waals surface area contributed by atoms with E-state index in [1.807, 2.05) is 56.3 Å². The summed E-state index contributed by atoms with van der Waals surface area (Å²) in [4.78, 5) is 24.9. The number of nitrogens with zero attached hydrogens (tertiary/aromatic N) is 2. The number of aromatic nitrogens is 2. The summed E-state index contributed by atoms with van der Waals surface area (Å²) in [5.41, 5.74) is 1.74. The van der Waals surface area contributed by atoms with Gasteiger partial charge in [-0.2, -0.15) is 4.68 Å². The van der Waals surface area contributed by atoms with Gasteiger partial charge < -0.3 is 9.15 Å². The molecule has 1 heterocycles. The quantitative estimate of drug-likeness (QED) is 0.529. The molecule has 152 valence electrons. The number of hydrogen-bond donors (Lipinski definition) is 0. The van der Waals surface area contributed by atoms with Gasteiger partial charge in [-0.15, -0.1) is 5.10 Å². The van der Waals surface area contributed by atoms with Crippen molar-refractivity contribution in [3.05, 3.63) is 87.2 Å². The highest BCUT2D eigenvalue weighted by atomic mass is 35.5. The highest BCUT2D eigenvalue weighted by molar-refractivity contribution is 6.30. The largest absolute Gasteiger partial charge is 0.452 e. The lowest BCUT2D eigenvalue weighted by atomic mass is 9.88. The summed E-state index contributed by atoms with van der Waals surface area (Å²) >= 11 is 5.95. The molecular formula is C22H23ClN2O4. The van der Waals surface area contributed by atoms with Crippen molar-refractivity contribution < 1.29 is 13.9 Å². The Morgan fingerprint density at radius 3 is 2.38 bits per heavy atom. The number of rotatable bonds is 7. The lowest BCUT2D eigenvalue weighted by molar-refractivity contribution is -0.152. The van der Waals surface area contributed by atoms with Crippen molar-refractivity contribution in [3.8, 4) is 0 Å². The van der Waals surface area contributed by atoms with Crippen LogP contribution in [0.5, 0.6) is 0 Å². The summed E-state index contributed by atoms with van der Waals surface area (Å²) in [6.45, 7) is 5.80. The summed E-state index contributed by atoms with van der Waals surface area (Å²) < 4.78 is 12.0. The van der Waals surface area contributed by atoms with E-state index in [0.29, 0.717) is 5.02 Å². The van der Waals surface area contributed by atoms with Crippen molar-refractivity contribution in [3.63, 3.8) is 0 Å². The van der Waals surface area contributed by atoms with Crippen molar-refractivity contribution in [2.75, 3.05) is 0 Å². The van der Waals surface area contributed by atoms with Crippen LogP contribution < -0.4 is 5.76 Å². The zero-order valence-corrected chi connectivity index (χ0v) is 17.3. The number of hydrogen-bond acceptors (Lipinski definition) is 5.